The minimum absolute atomic E-state index is 0. The lowest BCUT2D eigenvalue weighted by Gasteiger charge is -2.06. The van der Waals surface area contributed by atoms with Crippen molar-refractivity contribution in [2.45, 2.75) is 13.3 Å². The normalized spacial score (nSPS) is 10.1. The number of amides is 1. The molecule has 0 bridgehead atoms. The summed E-state index contributed by atoms with van der Waals surface area (Å²) >= 11 is 1.43. The molecule has 0 fully saturated rings. The van der Waals surface area contributed by atoms with Gasteiger partial charge in [-0.2, -0.15) is 0 Å². The number of carbonyl (C=O) groups excluding carboxylic acids is 1. The molecule has 26 heavy (non-hydrogen) atoms. The first-order chi connectivity index (χ1) is 12.1. The molecule has 0 saturated heterocycles. The maximum atomic E-state index is 14.3. The number of aromatic nitrogens is 2. The minimum Gasteiger partial charge on any atom is -0.356 e. The fourth-order valence-corrected chi connectivity index (χ4v) is 3.02. The zero-order chi connectivity index (χ0) is 17.6. The Morgan fingerprint density at radius 2 is 2.12 bits per heavy atom. The van der Waals surface area contributed by atoms with Crippen LogP contribution in [0, 0.1) is 5.82 Å². The predicted octanol–water partition coefficient (Wildman–Crippen LogP) is 4.19. The van der Waals surface area contributed by atoms with E-state index < -0.39 is 0 Å². The van der Waals surface area contributed by atoms with Crippen LogP contribution in [0.4, 0.5) is 15.3 Å². The van der Waals surface area contributed by atoms with Gasteiger partial charge in [-0.3, -0.25) is 4.79 Å². The van der Waals surface area contributed by atoms with Crippen LogP contribution in [0.25, 0.3) is 11.3 Å². The number of rotatable bonds is 6. The molecule has 3 rings (SSSR count). The summed E-state index contributed by atoms with van der Waals surface area (Å²) < 4.78 is 14.3. The molecular weight excluding hydrogens is 375 g/mol. The number of pyridine rings is 1. The van der Waals surface area contributed by atoms with Gasteiger partial charge >= 0.3 is 0 Å². The molecule has 8 heteroatoms. The molecule has 0 aliphatic carbocycles. The second-order valence-corrected chi connectivity index (χ2v) is 6.28. The van der Waals surface area contributed by atoms with Crippen LogP contribution in [-0.2, 0) is 11.2 Å². The average molecular weight is 393 g/mol. The van der Waals surface area contributed by atoms with E-state index in [-0.39, 0.29) is 24.1 Å². The van der Waals surface area contributed by atoms with E-state index in [0.29, 0.717) is 40.7 Å². The molecule has 5 nitrogen and oxygen atoms in total. The molecule has 0 aliphatic heterocycles. The number of nitrogens with zero attached hydrogens (tertiary/aromatic N) is 2. The van der Waals surface area contributed by atoms with Crippen molar-refractivity contribution in [3.8, 4) is 11.3 Å². The van der Waals surface area contributed by atoms with E-state index >= 15 is 0 Å². The van der Waals surface area contributed by atoms with E-state index in [0.717, 1.165) is 0 Å². The second-order valence-electron chi connectivity index (χ2n) is 5.42. The van der Waals surface area contributed by atoms with E-state index in [4.69, 9.17) is 0 Å². The Labute approximate surface area is 161 Å². The monoisotopic (exact) mass is 392 g/mol. The first kappa shape index (κ1) is 19.8. The van der Waals surface area contributed by atoms with Crippen molar-refractivity contribution < 1.29 is 9.18 Å². The molecule has 0 saturated carbocycles. The lowest BCUT2D eigenvalue weighted by Crippen LogP contribution is -2.22. The number of nitrogens with one attached hydrogen (secondary N) is 2. The maximum Gasteiger partial charge on any atom is 0.216 e. The highest BCUT2D eigenvalue weighted by Crippen LogP contribution is 2.27. The van der Waals surface area contributed by atoms with Crippen molar-refractivity contribution in [2.75, 3.05) is 11.9 Å². The SMILES string of the molecule is CC(=O)NCCc1ccc(-c2csc(Nc3ccccn3)n2)cc1F.Cl. The van der Waals surface area contributed by atoms with Gasteiger partial charge in [0.15, 0.2) is 5.13 Å². The molecular formula is C18H18ClFN4OS. The van der Waals surface area contributed by atoms with Crippen molar-refractivity contribution >= 4 is 40.6 Å². The summed E-state index contributed by atoms with van der Waals surface area (Å²) in [6.45, 7) is 1.86. The summed E-state index contributed by atoms with van der Waals surface area (Å²) in [5.74, 6) is 0.297. The summed E-state index contributed by atoms with van der Waals surface area (Å²) in [6, 6.07) is 10.6. The summed E-state index contributed by atoms with van der Waals surface area (Å²) in [5.41, 5.74) is 1.99. The fraction of sp³-hybridized carbons (Fsp3) is 0.167. The van der Waals surface area contributed by atoms with Crippen molar-refractivity contribution in [3.63, 3.8) is 0 Å². The smallest absolute Gasteiger partial charge is 0.216 e. The molecule has 0 radical (unpaired) electrons. The summed E-state index contributed by atoms with van der Waals surface area (Å²) in [7, 11) is 0. The van der Waals surface area contributed by atoms with Crippen molar-refractivity contribution in [1.82, 2.24) is 15.3 Å². The third kappa shape index (κ3) is 5.24. The van der Waals surface area contributed by atoms with Crippen LogP contribution in [0.15, 0.2) is 48.0 Å². The van der Waals surface area contributed by atoms with E-state index in [1.165, 1.54) is 24.3 Å². The number of benzene rings is 1. The van der Waals surface area contributed by atoms with Crippen molar-refractivity contribution in [1.29, 1.82) is 0 Å². The number of hydrogen-bond donors (Lipinski definition) is 2. The first-order valence-electron chi connectivity index (χ1n) is 7.78. The summed E-state index contributed by atoms with van der Waals surface area (Å²) in [6.07, 6.45) is 2.15. The van der Waals surface area contributed by atoms with Gasteiger partial charge in [0.1, 0.15) is 11.6 Å². The van der Waals surface area contributed by atoms with Gasteiger partial charge in [-0.1, -0.05) is 18.2 Å². The third-order valence-corrected chi connectivity index (χ3v) is 4.28. The Morgan fingerprint density at radius 1 is 1.27 bits per heavy atom. The number of halogens is 2. The van der Waals surface area contributed by atoms with Crippen LogP contribution in [0.2, 0.25) is 0 Å². The van der Waals surface area contributed by atoms with Crippen LogP contribution in [-0.4, -0.2) is 22.4 Å². The Kier molecular flexibility index (Phi) is 7.06. The highest BCUT2D eigenvalue weighted by molar-refractivity contribution is 7.14. The predicted molar refractivity (Wildman–Crippen MR) is 105 cm³/mol. The Morgan fingerprint density at radius 3 is 2.81 bits per heavy atom. The molecule has 1 amide bonds. The number of hydrogen-bond acceptors (Lipinski definition) is 5. The van der Waals surface area contributed by atoms with E-state index in [1.807, 2.05) is 29.6 Å². The summed E-state index contributed by atoms with van der Waals surface area (Å²) in [4.78, 5) is 19.5. The van der Waals surface area contributed by atoms with Crippen LogP contribution >= 0.6 is 23.7 Å². The molecule has 3 aromatic rings. The standard InChI is InChI=1S/C18H17FN4OS.ClH/c1-12(24)20-9-7-13-5-6-14(10-15(13)19)16-11-25-18(22-16)23-17-4-2-3-8-21-17;/h2-6,8,10-11H,7,9H2,1H3,(H,20,24)(H,21,22,23);1H. The van der Waals surface area contributed by atoms with Gasteiger partial charge in [0.2, 0.25) is 5.91 Å². The highest BCUT2D eigenvalue weighted by atomic mass is 35.5. The van der Waals surface area contributed by atoms with E-state index in [1.54, 1.807) is 12.3 Å². The second kappa shape index (κ2) is 9.26. The molecule has 136 valence electrons. The van der Waals surface area contributed by atoms with Gasteiger partial charge < -0.3 is 10.6 Å². The molecule has 2 aromatic heterocycles. The van der Waals surface area contributed by atoms with Gasteiger partial charge in [-0.15, -0.1) is 23.7 Å². The van der Waals surface area contributed by atoms with Gasteiger partial charge in [0, 0.05) is 30.6 Å². The number of carbonyl (C=O) groups is 1. The Balaban J connectivity index is 0.00000243. The zero-order valence-corrected chi connectivity index (χ0v) is 15.7. The van der Waals surface area contributed by atoms with Gasteiger partial charge in [0.25, 0.3) is 0 Å². The summed E-state index contributed by atoms with van der Waals surface area (Å²) in [5, 5.41) is 8.35. The van der Waals surface area contributed by atoms with E-state index in [9.17, 15) is 9.18 Å². The fourth-order valence-electron chi connectivity index (χ4n) is 2.29. The van der Waals surface area contributed by atoms with Crippen LogP contribution in [0.1, 0.15) is 12.5 Å². The lowest BCUT2D eigenvalue weighted by molar-refractivity contribution is -0.118. The molecule has 0 atom stereocenters. The van der Waals surface area contributed by atoms with Crippen LogP contribution in [0.3, 0.4) is 0 Å². The largest absolute Gasteiger partial charge is 0.356 e. The topological polar surface area (TPSA) is 66.9 Å². The first-order valence-corrected chi connectivity index (χ1v) is 8.66. The van der Waals surface area contributed by atoms with Gasteiger partial charge in [-0.25, -0.2) is 14.4 Å². The van der Waals surface area contributed by atoms with Crippen LogP contribution in [0.5, 0.6) is 0 Å². The van der Waals surface area contributed by atoms with E-state index in [2.05, 4.69) is 20.6 Å². The highest BCUT2D eigenvalue weighted by Gasteiger charge is 2.09. The third-order valence-electron chi connectivity index (χ3n) is 3.52. The molecule has 0 spiro atoms. The Hall–Kier alpha value is -2.51. The van der Waals surface area contributed by atoms with Crippen LogP contribution < -0.4 is 10.6 Å². The van der Waals surface area contributed by atoms with Crippen molar-refractivity contribution in [2.24, 2.45) is 0 Å². The van der Waals surface area contributed by atoms with Crippen molar-refractivity contribution in [3.05, 3.63) is 59.4 Å². The van der Waals surface area contributed by atoms with Gasteiger partial charge in [0.05, 0.1) is 5.69 Å². The quantitative estimate of drug-likeness (QED) is 0.660. The molecule has 0 unspecified atom stereocenters. The zero-order valence-electron chi connectivity index (χ0n) is 14.0. The number of thiazole rings is 1. The maximum absolute atomic E-state index is 14.3. The average Bonchev–Trinajstić information content (AvgIpc) is 3.05. The minimum atomic E-state index is -0.296. The Bertz CT molecular complexity index is 873. The lowest BCUT2D eigenvalue weighted by atomic mass is 10.1. The molecule has 1 aromatic carbocycles. The van der Waals surface area contributed by atoms with Gasteiger partial charge in [-0.05, 0) is 30.2 Å². The number of anilines is 2. The molecule has 0 aliphatic rings. The molecule has 2 heterocycles. The molecule has 2 N–H and O–H groups in total.